The standard InChI is InChI=1S/C13H24N2O3/c1-3-5-10(11(16)17)8-15-12(18)13(2)6-4-7-14-9-13/h10,14H,3-9H2,1-2H3,(H,15,18)(H,16,17). The monoisotopic (exact) mass is 256 g/mol. The molecule has 0 aliphatic carbocycles. The smallest absolute Gasteiger partial charge is 0.308 e. The van der Waals surface area contributed by atoms with Gasteiger partial charge in [-0.2, -0.15) is 0 Å². The minimum Gasteiger partial charge on any atom is -0.481 e. The molecule has 1 rings (SSSR count). The molecule has 5 nitrogen and oxygen atoms in total. The molecule has 0 saturated carbocycles. The highest BCUT2D eigenvalue weighted by molar-refractivity contribution is 5.83. The normalized spacial score (nSPS) is 25.4. The van der Waals surface area contributed by atoms with Crippen LogP contribution in [0.1, 0.15) is 39.5 Å². The summed E-state index contributed by atoms with van der Waals surface area (Å²) in [6.07, 6.45) is 3.26. The number of carbonyl (C=O) groups excluding carboxylic acids is 1. The van der Waals surface area contributed by atoms with Crippen molar-refractivity contribution in [2.45, 2.75) is 39.5 Å². The molecule has 2 unspecified atom stereocenters. The number of hydrogen-bond acceptors (Lipinski definition) is 3. The first-order chi connectivity index (χ1) is 8.49. The van der Waals surface area contributed by atoms with Crippen molar-refractivity contribution in [3.63, 3.8) is 0 Å². The number of hydrogen-bond donors (Lipinski definition) is 3. The van der Waals surface area contributed by atoms with E-state index in [4.69, 9.17) is 5.11 Å². The van der Waals surface area contributed by atoms with E-state index in [0.29, 0.717) is 13.0 Å². The lowest BCUT2D eigenvalue weighted by Gasteiger charge is -2.33. The van der Waals surface area contributed by atoms with Gasteiger partial charge in [-0.1, -0.05) is 13.3 Å². The number of amides is 1. The first-order valence-corrected chi connectivity index (χ1v) is 6.71. The number of rotatable bonds is 6. The van der Waals surface area contributed by atoms with Crippen molar-refractivity contribution in [2.24, 2.45) is 11.3 Å². The molecule has 0 bridgehead atoms. The highest BCUT2D eigenvalue weighted by Gasteiger charge is 2.34. The second kappa shape index (κ2) is 6.73. The fourth-order valence-electron chi connectivity index (χ4n) is 2.34. The number of aliphatic carboxylic acids is 1. The zero-order valence-corrected chi connectivity index (χ0v) is 11.3. The van der Waals surface area contributed by atoms with Gasteiger partial charge in [0.1, 0.15) is 0 Å². The number of nitrogens with one attached hydrogen (secondary N) is 2. The molecule has 1 aliphatic heterocycles. The Labute approximate surface area is 108 Å². The maximum atomic E-state index is 12.1. The van der Waals surface area contributed by atoms with E-state index in [9.17, 15) is 9.59 Å². The molecule has 1 amide bonds. The molecule has 3 N–H and O–H groups in total. The molecule has 1 heterocycles. The van der Waals surface area contributed by atoms with Crippen molar-refractivity contribution in [1.29, 1.82) is 0 Å². The largest absolute Gasteiger partial charge is 0.481 e. The lowest BCUT2D eigenvalue weighted by Crippen LogP contribution is -2.49. The van der Waals surface area contributed by atoms with E-state index in [0.717, 1.165) is 25.8 Å². The molecule has 5 heteroatoms. The summed E-state index contributed by atoms with van der Waals surface area (Å²) in [6, 6.07) is 0. The Balaban J connectivity index is 2.45. The Kier molecular flexibility index (Phi) is 5.59. The third kappa shape index (κ3) is 3.98. The summed E-state index contributed by atoms with van der Waals surface area (Å²) in [6.45, 7) is 5.74. The van der Waals surface area contributed by atoms with Gasteiger partial charge in [0.2, 0.25) is 5.91 Å². The highest BCUT2D eigenvalue weighted by atomic mass is 16.4. The van der Waals surface area contributed by atoms with Gasteiger partial charge in [-0.3, -0.25) is 9.59 Å². The van der Waals surface area contributed by atoms with Crippen LogP contribution in [0.5, 0.6) is 0 Å². The van der Waals surface area contributed by atoms with E-state index in [1.807, 2.05) is 13.8 Å². The molecule has 1 fully saturated rings. The Morgan fingerprint density at radius 1 is 1.50 bits per heavy atom. The summed E-state index contributed by atoms with van der Waals surface area (Å²) < 4.78 is 0. The van der Waals surface area contributed by atoms with Crippen LogP contribution < -0.4 is 10.6 Å². The van der Waals surface area contributed by atoms with Crippen molar-refractivity contribution >= 4 is 11.9 Å². The minimum atomic E-state index is -0.830. The van der Waals surface area contributed by atoms with E-state index in [-0.39, 0.29) is 12.5 Å². The van der Waals surface area contributed by atoms with Crippen LogP contribution >= 0.6 is 0 Å². The lowest BCUT2D eigenvalue weighted by atomic mass is 9.82. The van der Waals surface area contributed by atoms with Crippen molar-refractivity contribution < 1.29 is 14.7 Å². The van der Waals surface area contributed by atoms with Crippen LogP contribution in [0.2, 0.25) is 0 Å². The van der Waals surface area contributed by atoms with Crippen LogP contribution in [0.4, 0.5) is 0 Å². The molecule has 0 radical (unpaired) electrons. The Hall–Kier alpha value is -1.10. The zero-order valence-electron chi connectivity index (χ0n) is 11.3. The maximum Gasteiger partial charge on any atom is 0.308 e. The van der Waals surface area contributed by atoms with Crippen LogP contribution in [-0.2, 0) is 9.59 Å². The van der Waals surface area contributed by atoms with E-state index in [1.54, 1.807) is 0 Å². The van der Waals surface area contributed by atoms with Crippen molar-refractivity contribution in [2.75, 3.05) is 19.6 Å². The Morgan fingerprint density at radius 3 is 2.72 bits per heavy atom. The summed E-state index contributed by atoms with van der Waals surface area (Å²) in [4.78, 5) is 23.1. The summed E-state index contributed by atoms with van der Waals surface area (Å²) >= 11 is 0. The van der Waals surface area contributed by atoms with Crippen molar-refractivity contribution in [1.82, 2.24) is 10.6 Å². The average Bonchev–Trinajstić information content (AvgIpc) is 2.34. The Morgan fingerprint density at radius 2 is 2.22 bits per heavy atom. The van der Waals surface area contributed by atoms with Gasteiger partial charge in [0.05, 0.1) is 11.3 Å². The fraction of sp³-hybridized carbons (Fsp3) is 0.846. The minimum absolute atomic E-state index is 0.0305. The van der Waals surface area contributed by atoms with Crippen LogP contribution in [0.15, 0.2) is 0 Å². The molecule has 0 aromatic heterocycles. The van der Waals surface area contributed by atoms with Crippen LogP contribution in [-0.4, -0.2) is 36.6 Å². The van der Waals surface area contributed by atoms with Gasteiger partial charge < -0.3 is 15.7 Å². The maximum absolute atomic E-state index is 12.1. The molecule has 2 atom stereocenters. The zero-order chi connectivity index (χ0) is 13.6. The summed E-state index contributed by atoms with van der Waals surface area (Å²) in [5.74, 6) is -1.33. The average molecular weight is 256 g/mol. The Bertz CT molecular complexity index is 299. The lowest BCUT2D eigenvalue weighted by molar-refractivity contribution is -0.142. The van der Waals surface area contributed by atoms with E-state index < -0.39 is 17.3 Å². The molecule has 0 aromatic rings. The summed E-state index contributed by atoms with van der Waals surface area (Å²) in [5, 5.41) is 15.0. The predicted molar refractivity (Wildman–Crippen MR) is 69.3 cm³/mol. The first kappa shape index (κ1) is 15.0. The van der Waals surface area contributed by atoms with Gasteiger partial charge in [0.15, 0.2) is 0 Å². The SMILES string of the molecule is CCCC(CNC(=O)C1(C)CCCNC1)C(=O)O. The van der Waals surface area contributed by atoms with Gasteiger partial charge in [-0.15, -0.1) is 0 Å². The summed E-state index contributed by atoms with van der Waals surface area (Å²) in [5.41, 5.74) is -0.395. The molecular weight excluding hydrogens is 232 g/mol. The molecule has 1 saturated heterocycles. The van der Waals surface area contributed by atoms with Gasteiger partial charge in [-0.25, -0.2) is 0 Å². The van der Waals surface area contributed by atoms with Crippen molar-refractivity contribution in [3.05, 3.63) is 0 Å². The first-order valence-electron chi connectivity index (χ1n) is 6.71. The number of carbonyl (C=O) groups is 2. The summed E-state index contributed by atoms with van der Waals surface area (Å²) in [7, 11) is 0. The quantitative estimate of drug-likeness (QED) is 0.662. The van der Waals surface area contributed by atoms with Crippen LogP contribution in [0.3, 0.4) is 0 Å². The molecule has 1 aliphatic rings. The third-order valence-corrected chi connectivity index (χ3v) is 3.64. The van der Waals surface area contributed by atoms with Crippen LogP contribution in [0, 0.1) is 11.3 Å². The van der Waals surface area contributed by atoms with E-state index in [2.05, 4.69) is 10.6 Å². The van der Waals surface area contributed by atoms with Gasteiger partial charge in [0, 0.05) is 13.1 Å². The van der Waals surface area contributed by atoms with Gasteiger partial charge in [0.25, 0.3) is 0 Å². The second-order valence-corrected chi connectivity index (χ2v) is 5.37. The van der Waals surface area contributed by atoms with Crippen LogP contribution in [0.25, 0.3) is 0 Å². The van der Waals surface area contributed by atoms with Gasteiger partial charge in [-0.05, 0) is 32.7 Å². The fourth-order valence-corrected chi connectivity index (χ4v) is 2.34. The highest BCUT2D eigenvalue weighted by Crippen LogP contribution is 2.25. The topological polar surface area (TPSA) is 78.4 Å². The van der Waals surface area contributed by atoms with Crippen molar-refractivity contribution in [3.8, 4) is 0 Å². The molecule has 104 valence electrons. The van der Waals surface area contributed by atoms with E-state index >= 15 is 0 Å². The molecular formula is C13H24N2O3. The predicted octanol–water partition coefficient (Wildman–Crippen LogP) is 0.993. The third-order valence-electron chi connectivity index (χ3n) is 3.64. The second-order valence-electron chi connectivity index (χ2n) is 5.37. The molecule has 0 spiro atoms. The molecule has 18 heavy (non-hydrogen) atoms. The number of carboxylic acids is 1. The molecule has 0 aromatic carbocycles. The van der Waals surface area contributed by atoms with Gasteiger partial charge >= 0.3 is 5.97 Å². The number of carboxylic acid groups (broad SMARTS) is 1. The number of piperidine rings is 1. The van der Waals surface area contributed by atoms with E-state index in [1.165, 1.54) is 0 Å².